The summed E-state index contributed by atoms with van der Waals surface area (Å²) in [7, 11) is 0. The van der Waals surface area contributed by atoms with Gasteiger partial charge in [0.1, 0.15) is 17.3 Å². The smallest absolute Gasteiger partial charge is 0.426 e. The Hall–Kier alpha value is -5.28. The molecule has 12 nitrogen and oxygen atoms in total. The summed E-state index contributed by atoms with van der Waals surface area (Å²) in [6, 6.07) is 19.3. The minimum Gasteiger partial charge on any atom is -0.471 e. The van der Waals surface area contributed by atoms with Crippen LogP contribution < -0.4 is 9.64 Å². The zero-order valence-corrected chi connectivity index (χ0v) is 32.5. The Bertz CT molecular complexity index is 1950. The van der Waals surface area contributed by atoms with E-state index >= 15 is 13.2 Å². The molecule has 15 heteroatoms. The van der Waals surface area contributed by atoms with Crippen molar-refractivity contribution in [2.24, 2.45) is 0 Å². The number of alkyl halides is 3. The monoisotopic (exact) mass is 780 g/mol. The highest BCUT2D eigenvalue weighted by Gasteiger charge is 2.61. The van der Waals surface area contributed by atoms with Gasteiger partial charge in [-0.3, -0.25) is 0 Å². The summed E-state index contributed by atoms with van der Waals surface area (Å²) in [5.74, 6) is -1.44. The molecule has 3 heterocycles. The van der Waals surface area contributed by atoms with E-state index in [1.165, 1.54) is 6.07 Å². The van der Waals surface area contributed by atoms with Gasteiger partial charge in [-0.2, -0.15) is 18.1 Å². The van der Waals surface area contributed by atoms with Crippen LogP contribution in [0, 0.1) is 6.92 Å². The fraction of sp³-hybridized carbons (Fsp3) is 0.439. The lowest BCUT2D eigenvalue weighted by atomic mass is 9.95. The van der Waals surface area contributed by atoms with Gasteiger partial charge in [0.2, 0.25) is 11.5 Å². The lowest BCUT2D eigenvalue weighted by molar-refractivity contribution is -0.299. The third-order valence-corrected chi connectivity index (χ3v) is 8.22. The first kappa shape index (κ1) is 41.9. The third-order valence-electron chi connectivity index (χ3n) is 8.22. The highest BCUT2D eigenvalue weighted by molar-refractivity contribution is 6.11. The van der Waals surface area contributed by atoms with E-state index in [4.69, 9.17) is 28.1 Å². The summed E-state index contributed by atoms with van der Waals surface area (Å²) in [5, 5.41) is 7.87. The minimum atomic E-state index is -5.04. The predicted molar refractivity (Wildman–Crippen MR) is 200 cm³/mol. The Morgan fingerprint density at radius 2 is 1.45 bits per heavy atom. The van der Waals surface area contributed by atoms with E-state index < -0.39 is 66.1 Å². The molecular weight excluding hydrogens is 733 g/mol. The number of carbonyl (C=O) groups excluding carboxylic acids is 2. The largest absolute Gasteiger partial charge is 0.471 e. The number of aromatic nitrogens is 3. The van der Waals surface area contributed by atoms with Crippen molar-refractivity contribution in [3.8, 4) is 17.5 Å². The number of aryl methyl sites for hydroxylation is 1. The number of anilines is 1. The number of ether oxygens (including phenoxy) is 5. The van der Waals surface area contributed by atoms with Crippen molar-refractivity contribution < 1.29 is 50.9 Å². The molecule has 0 N–H and O–H groups in total. The Labute approximate surface area is 324 Å². The van der Waals surface area contributed by atoms with Gasteiger partial charge < -0.3 is 28.1 Å². The van der Waals surface area contributed by atoms with Crippen LogP contribution in [-0.4, -0.2) is 57.5 Å². The first-order valence-corrected chi connectivity index (χ1v) is 18.2. The Morgan fingerprint density at radius 3 is 2.02 bits per heavy atom. The molecule has 4 aromatic rings. The molecule has 0 unspecified atom stereocenters. The highest BCUT2D eigenvalue weighted by atomic mass is 19.4. The minimum absolute atomic E-state index is 0.0120. The molecule has 0 spiro atoms. The number of carbonyl (C=O) groups is 2. The summed E-state index contributed by atoms with van der Waals surface area (Å²) in [6.45, 7) is 11.2. The Balaban J connectivity index is 1.67. The van der Waals surface area contributed by atoms with Crippen molar-refractivity contribution in [1.29, 1.82) is 0 Å². The number of fused-ring (bicyclic) bond motifs is 5. The average Bonchev–Trinajstić information content (AvgIpc) is 3.59. The molecule has 0 saturated heterocycles. The molecule has 0 saturated carbocycles. The summed E-state index contributed by atoms with van der Waals surface area (Å²) < 4.78 is 81.5. The highest BCUT2D eigenvalue weighted by Crippen LogP contribution is 2.47. The van der Waals surface area contributed by atoms with E-state index in [1.807, 2.05) is 30.3 Å². The number of amides is 2. The van der Waals surface area contributed by atoms with Crippen LogP contribution in [0.25, 0.3) is 11.6 Å². The first-order chi connectivity index (χ1) is 26.3. The molecule has 2 aromatic heterocycles. The fourth-order valence-electron chi connectivity index (χ4n) is 5.61. The lowest BCUT2D eigenvalue weighted by Gasteiger charge is -2.32. The van der Waals surface area contributed by atoms with Gasteiger partial charge in [0, 0.05) is 12.0 Å². The molecule has 2 amide bonds. The van der Waals surface area contributed by atoms with Gasteiger partial charge in [0.25, 0.3) is 11.8 Å². The number of imide groups is 1. The fourth-order valence-corrected chi connectivity index (χ4v) is 5.61. The molecule has 2 atom stereocenters. The van der Waals surface area contributed by atoms with Crippen molar-refractivity contribution >= 4 is 17.9 Å². The van der Waals surface area contributed by atoms with Crippen LogP contribution in [0.15, 0.2) is 83.3 Å². The van der Waals surface area contributed by atoms with Gasteiger partial charge >= 0.3 is 18.4 Å². The van der Waals surface area contributed by atoms with E-state index in [1.54, 1.807) is 91.0 Å². The quantitative estimate of drug-likeness (QED) is 0.158. The van der Waals surface area contributed by atoms with Crippen molar-refractivity contribution in [2.45, 2.75) is 110 Å². The van der Waals surface area contributed by atoms with Gasteiger partial charge in [0.15, 0.2) is 5.69 Å². The summed E-state index contributed by atoms with van der Waals surface area (Å²) in [6.07, 6.45) is -5.18. The molecular formula is C41H47F3N4O8. The van der Waals surface area contributed by atoms with E-state index in [0.29, 0.717) is 16.0 Å². The van der Waals surface area contributed by atoms with Gasteiger partial charge in [-0.1, -0.05) is 72.8 Å². The predicted octanol–water partition coefficient (Wildman–Crippen LogP) is 9.80. The molecule has 5 rings (SSSR count). The third kappa shape index (κ3) is 10.7. The van der Waals surface area contributed by atoms with Crippen molar-refractivity contribution in [2.75, 3.05) is 11.5 Å². The van der Waals surface area contributed by atoms with Crippen molar-refractivity contribution in [3.63, 3.8) is 0 Å². The van der Waals surface area contributed by atoms with E-state index in [9.17, 15) is 9.59 Å². The van der Waals surface area contributed by atoms with Crippen LogP contribution in [-0.2, 0) is 37.8 Å². The lowest BCUT2D eigenvalue weighted by Crippen LogP contribution is -2.45. The molecule has 4 bridgehead atoms. The van der Waals surface area contributed by atoms with E-state index in [-0.39, 0.29) is 43.3 Å². The SMILES string of the molecule is Cc1cc(N(C(=O)OC(C)(C)C)C(=O)OC(C)(C)C)c2nc1O[C@@H](COCc1ccccc1)CC=CCC[C@](OCc1ccccc1)(C(F)(F)F)c1nnc-2o1. The molecule has 0 fully saturated rings. The maximum Gasteiger partial charge on any atom is 0.426 e. The van der Waals surface area contributed by atoms with Crippen LogP contribution in [0.2, 0.25) is 0 Å². The average molecular weight is 781 g/mol. The van der Waals surface area contributed by atoms with Crippen LogP contribution in [0.1, 0.15) is 83.4 Å². The second-order valence-electron chi connectivity index (χ2n) is 15.3. The molecule has 56 heavy (non-hydrogen) atoms. The molecule has 0 aliphatic carbocycles. The van der Waals surface area contributed by atoms with Gasteiger partial charge in [-0.15, -0.1) is 10.2 Å². The normalized spacial score (nSPS) is 17.7. The maximum absolute atomic E-state index is 15.4. The zero-order valence-electron chi connectivity index (χ0n) is 32.5. The Kier molecular flexibility index (Phi) is 12.9. The molecule has 1 aliphatic rings. The molecule has 2 aromatic carbocycles. The summed E-state index contributed by atoms with van der Waals surface area (Å²) >= 11 is 0. The first-order valence-electron chi connectivity index (χ1n) is 18.2. The Morgan fingerprint density at radius 1 is 0.857 bits per heavy atom. The van der Waals surface area contributed by atoms with Gasteiger partial charge in [-0.25, -0.2) is 14.6 Å². The van der Waals surface area contributed by atoms with Crippen LogP contribution >= 0.6 is 0 Å². The van der Waals surface area contributed by atoms with E-state index in [2.05, 4.69) is 15.2 Å². The zero-order chi connectivity index (χ0) is 40.7. The van der Waals surface area contributed by atoms with Crippen LogP contribution in [0.4, 0.5) is 28.4 Å². The maximum atomic E-state index is 15.4. The molecule has 0 radical (unpaired) electrons. The second kappa shape index (κ2) is 17.2. The van der Waals surface area contributed by atoms with Gasteiger partial charge in [0.05, 0.1) is 25.5 Å². The van der Waals surface area contributed by atoms with Crippen molar-refractivity contribution in [3.05, 3.63) is 101 Å². The number of allylic oxidation sites excluding steroid dienone is 1. The van der Waals surface area contributed by atoms with Crippen LogP contribution in [0.5, 0.6) is 5.88 Å². The number of hydrogen-bond acceptors (Lipinski definition) is 11. The number of halogens is 3. The topological polar surface area (TPSA) is 135 Å². The number of pyridine rings is 1. The van der Waals surface area contributed by atoms with Gasteiger partial charge in [-0.05, 0) is 78.5 Å². The summed E-state index contributed by atoms with van der Waals surface area (Å²) in [5.41, 5.74) is -4.06. The number of rotatable bonds is 8. The standard InChI is InChI=1S/C41H47F3N4O8/c1-27-23-31(48(36(49)55-38(2,3)4)37(50)56-39(5,6)7)32-34-46-47-35(54-34)40(41(42,43)44,52-25-29-19-13-9-14-20-29)22-16-10-15-21-30(53-33(27)45-32)26-51-24-28-17-11-8-12-18-28/h8-15,17-20,23,30H,16,21-22,24-26H2,1-7H3/t30-,40-/m1/s1. The number of benzene rings is 2. The number of nitrogens with zero attached hydrogens (tertiary/aromatic N) is 4. The summed E-state index contributed by atoms with van der Waals surface area (Å²) in [4.78, 5) is 32.9. The van der Waals surface area contributed by atoms with E-state index in [0.717, 1.165) is 5.56 Å². The molecule has 1 aliphatic heterocycles. The van der Waals surface area contributed by atoms with Crippen LogP contribution in [0.3, 0.4) is 0 Å². The van der Waals surface area contributed by atoms with Crippen molar-refractivity contribution in [1.82, 2.24) is 15.2 Å². The second-order valence-corrected chi connectivity index (χ2v) is 15.3. The number of hydrogen-bond donors (Lipinski definition) is 0. The molecule has 300 valence electrons.